The summed E-state index contributed by atoms with van der Waals surface area (Å²) < 4.78 is 11.7. The van der Waals surface area contributed by atoms with Crippen molar-refractivity contribution in [3.63, 3.8) is 0 Å². The Morgan fingerprint density at radius 2 is 1.07 bits per heavy atom. The maximum atomic E-state index is 6.96. The van der Waals surface area contributed by atoms with Crippen LogP contribution in [0.15, 0.2) is 202 Å². The summed E-state index contributed by atoms with van der Waals surface area (Å²) in [5, 5.41) is 10.6. The fourth-order valence-electron chi connectivity index (χ4n) is 8.77. The molecule has 4 heterocycles. The van der Waals surface area contributed by atoms with E-state index in [1.165, 1.54) is 27.1 Å². The molecule has 12 rings (SSSR count). The van der Waals surface area contributed by atoms with Gasteiger partial charge in [0.1, 0.15) is 17.6 Å². The smallest absolute Gasteiger partial charge is 0.159 e. The first-order valence-electron chi connectivity index (χ1n) is 19.3. The number of amidine groups is 2. The third-order valence-corrected chi connectivity index (χ3v) is 11.4. The average molecular weight is 732 g/mol. The highest BCUT2D eigenvalue weighted by atomic mass is 16.3. The van der Waals surface area contributed by atoms with Crippen molar-refractivity contribution in [1.29, 1.82) is 0 Å². The highest BCUT2D eigenvalue weighted by Gasteiger charge is 2.24. The van der Waals surface area contributed by atoms with E-state index in [-0.39, 0.29) is 6.17 Å². The second-order valence-electron chi connectivity index (χ2n) is 14.6. The van der Waals surface area contributed by atoms with Gasteiger partial charge in [0.05, 0.1) is 27.8 Å². The SMILES string of the molecule is c1ccc(C2=NC(c3ccc4c(c3)oc3c(-n5c6ccccc6c6cc7c8ccccc8n(-c8ccccc8)c7cc65)cccc34)NC(c3ccccc3)=N2)cc1. The van der Waals surface area contributed by atoms with E-state index < -0.39 is 0 Å². The Kier molecular flexibility index (Phi) is 6.89. The molecule has 6 heteroatoms. The second-order valence-corrected chi connectivity index (χ2v) is 14.6. The quantitative estimate of drug-likeness (QED) is 0.192. The lowest BCUT2D eigenvalue weighted by Gasteiger charge is -2.23. The molecule has 6 nitrogen and oxygen atoms in total. The van der Waals surface area contributed by atoms with Crippen LogP contribution in [-0.2, 0) is 0 Å². The third-order valence-electron chi connectivity index (χ3n) is 11.4. The predicted octanol–water partition coefficient (Wildman–Crippen LogP) is 12.3. The molecule has 0 saturated carbocycles. The zero-order valence-corrected chi connectivity index (χ0v) is 30.7. The topological polar surface area (TPSA) is 59.8 Å². The molecule has 0 radical (unpaired) electrons. The van der Waals surface area contributed by atoms with Crippen LogP contribution >= 0.6 is 0 Å². The molecular weight excluding hydrogens is 699 g/mol. The molecule has 1 unspecified atom stereocenters. The third kappa shape index (κ3) is 4.90. The fraction of sp³-hybridized carbons (Fsp3) is 0.0196. The Morgan fingerprint density at radius 1 is 0.456 bits per heavy atom. The van der Waals surface area contributed by atoms with Crippen LogP contribution in [0.3, 0.4) is 0 Å². The van der Waals surface area contributed by atoms with Gasteiger partial charge in [-0.2, -0.15) is 0 Å². The Bertz CT molecular complexity index is 3430. The zero-order valence-electron chi connectivity index (χ0n) is 30.7. The average Bonchev–Trinajstić information content (AvgIpc) is 3.93. The molecule has 11 aromatic rings. The molecule has 1 atom stereocenters. The van der Waals surface area contributed by atoms with Crippen LogP contribution in [0.1, 0.15) is 22.9 Å². The Labute approximate surface area is 327 Å². The van der Waals surface area contributed by atoms with Crippen molar-refractivity contribution < 1.29 is 4.42 Å². The number of furan rings is 1. The molecule has 57 heavy (non-hydrogen) atoms. The number of hydrogen-bond acceptors (Lipinski definition) is 4. The highest BCUT2D eigenvalue weighted by molar-refractivity contribution is 6.20. The van der Waals surface area contributed by atoms with Gasteiger partial charge in [-0.15, -0.1) is 0 Å². The Hall–Kier alpha value is -7.70. The first-order valence-corrected chi connectivity index (χ1v) is 19.3. The van der Waals surface area contributed by atoms with Gasteiger partial charge in [-0.3, -0.25) is 0 Å². The number of rotatable bonds is 5. The van der Waals surface area contributed by atoms with Gasteiger partial charge < -0.3 is 18.9 Å². The lowest BCUT2D eigenvalue weighted by atomic mass is 10.1. The lowest BCUT2D eigenvalue weighted by Crippen LogP contribution is -2.33. The second kappa shape index (κ2) is 12.4. The molecule has 268 valence electrons. The molecule has 1 aliphatic rings. The van der Waals surface area contributed by atoms with E-state index in [1.807, 2.05) is 36.4 Å². The van der Waals surface area contributed by atoms with Crippen LogP contribution in [0.4, 0.5) is 0 Å². The van der Waals surface area contributed by atoms with Crippen molar-refractivity contribution in [2.45, 2.75) is 6.17 Å². The van der Waals surface area contributed by atoms with E-state index in [2.05, 4.69) is 166 Å². The first kappa shape index (κ1) is 31.6. The van der Waals surface area contributed by atoms with E-state index in [0.717, 1.165) is 72.4 Å². The summed E-state index contributed by atoms with van der Waals surface area (Å²) >= 11 is 0. The van der Waals surface area contributed by atoms with Gasteiger partial charge >= 0.3 is 0 Å². The molecule has 1 aliphatic heterocycles. The standard InChI is InChI=1S/C51H33N5O/c1-4-15-32(16-5-1)49-52-50(33-17-6-2-7-18-33)54-51(53-49)34-27-28-38-39-23-14-26-44(48(39)57-47(38)29-34)56-43-25-13-11-22-37(43)41-30-40-36-21-10-12-24-42(36)55(45(40)31-46(41)56)35-19-8-3-9-20-35/h1-31,51H,(H,52,53,54). The van der Waals surface area contributed by atoms with Crippen LogP contribution in [0.2, 0.25) is 0 Å². The van der Waals surface area contributed by atoms with Gasteiger partial charge in [0, 0.05) is 54.7 Å². The molecule has 8 aromatic carbocycles. The number of nitrogens with zero attached hydrogens (tertiary/aromatic N) is 4. The lowest BCUT2D eigenvalue weighted by molar-refractivity contribution is 0.653. The molecular formula is C51H33N5O. The highest BCUT2D eigenvalue weighted by Crippen LogP contribution is 2.42. The minimum absolute atomic E-state index is 0.360. The normalized spacial score (nSPS) is 14.5. The Balaban J connectivity index is 1.05. The van der Waals surface area contributed by atoms with Crippen LogP contribution in [-0.4, -0.2) is 20.8 Å². The van der Waals surface area contributed by atoms with Crippen LogP contribution in [0.5, 0.6) is 0 Å². The molecule has 3 aromatic heterocycles. The van der Waals surface area contributed by atoms with Crippen LogP contribution in [0, 0.1) is 0 Å². The maximum absolute atomic E-state index is 6.96. The minimum atomic E-state index is -0.360. The monoisotopic (exact) mass is 731 g/mol. The van der Waals surface area contributed by atoms with E-state index in [4.69, 9.17) is 14.4 Å². The first-order chi connectivity index (χ1) is 28.3. The summed E-state index contributed by atoms with van der Waals surface area (Å²) in [6.45, 7) is 0. The summed E-state index contributed by atoms with van der Waals surface area (Å²) in [5.41, 5.74) is 11.4. The minimum Gasteiger partial charge on any atom is -0.454 e. The fourth-order valence-corrected chi connectivity index (χ4v) is 8.77. The van der Waals surface area contributed by atoms with Gasteiger partial charge in [-0.1, -0.05) is 140 Å². The predicted molar refractivity (Wildman–Crippen MR) is 234 cm³/mol. The number of nitrogens with one attached hydrogen (secondary N) is 1. The van der Waals surface area contributed by atoms with E-state index in [1.54, 1.807) is 0 Å². The van der Waals surface area contributed by atoms with Crippen molar-refractivity contribution in [3.05, 3.63) is 205 Å². The van der Waals surface area contributed by atoms with Gasteiger partial charge in [0.15, 0.2) is 11.4 Å². The number of aliphatic imine (C=N–C) groups is 2. The molecule has 0 amide bonds. The largest absolute Gasteiger partial charge is 0.454 e. The summed E-state index contributed by atoms with van der Waals surface area (Å²) in [6.07, 6.45) is -0.360. The number of benzene rings is 8. The summed E-state index contributed by atoms with van der Waals surface area (Å²) in [5.74, 6) is 1.48. The van der Waals surface area contributed by atoms with Crippen molar-refractivity contribution in [2.24, 2.45) is 9.98 Å². The number of para-hydroxylation sites is 4. The molecule has 0 bridgehead atoms. The van der Waals surface area contributed by atoms with Crippen molar-refractivity contribution in [3.8, 4) is 11.4 Å². The number of hydrogen-bond donors (Lipinski definition) is 1. The molecule has 0 spiro atoms. The van der Waals surface area contributed by atoms with E-state index in [0.29, 0.717) is 5.84 Å². The van der Waals surface area contributed by atoms with Crippen LogP contribution < -0.4 is 5.32 Å². The zero-order chi connectivity index (χ0) is 37.5. The summed E-state index contributed by atoms with van der Waals surface area (Å²) in [4.78, 5) is 10.1. The molecule has 0 saturated heterocycles. The van der Waals surface area contributed by atoms with Gasteiger partial charge in [-0.05, 0) is 48.5 Å². The summed E-state index contributed by atoms with van der Waals surface area (Å²) in [6, 6.07) is 66.1. The van der Waals surface area contributed by atoms with Crippen molar-refractivity contribution >= 4 is 77.2 Å². The maximum Gasteiger partial charge on any atom is 0.159 e. The molecule has 0 aliphatic carbocycles. The van der Waals surface area contributed by atoms with E-state index >= 15 is 0 Å². The van der Waals surface area contributed by atoms with Gasteiger partial charge in [0.25, 0.3) is 0 Å². The Morgan fingerprint density at radius 3 is 1.81 bits per heavy atom. The molecule has 0 fully saturated rings. The number of aromatic nitrogens is 2. The summed E-state index contributed by atoms with van der Waals surface area (Å²) in [7, 11) is 0. The van der Waals surface area contributed by atoms with E-state index in [9.17, 15) is 0 Å². The van der Waals surface area contributed by atoms with Crippen LogP contribution in [0.25, 0.3) is 76.9 Å². The van der Waals surface area contributed by atoms with Crippen molar-refractivity contribution in [2.75, 3.05) is 0 Å². The van der Waals surface area contributed by atoms with Crippen molar-refractivity contribution in [1.82, 2.24) is 14.5 Å². The van der Waals surface area contributed by atoms with Gasteiger partial charge in [0.2, 0.25) is 0 Å². The van der Waals surface area contributed by atoms with Gasteiger partial charge in [-0.25, -0.2) is 9.98 Å². The molecule has 1 N–H and O–H groups in total. The number of fused-ring (bicyclic) bond motifs is 9.